The fourth-order valence-electron chi connectivity index (χ4n) is 0.664. The first-order valence-electron chi connectivity index (χ1n) is 2.92. The van der Waals surface area contributed by atoms with E-state index in [1.165, 1.54) is 5.70 Å². The number of hydrogen-bond donors (Lipinski definition) is 0. The standard InChI is InChI=1S/C7H8N2S/c1-6-5-10-7(3-4-8)9(6)2/h3,5H,1-2H3/b7-3-. The lowest BCUT2D eigenvalue weighted by atomic mass is 10.5. The van der Waals surface area contributed by atoms with Crippen molar-refractivity contribution in [2.45, 2.75) is 6.92 Å². The number of rotatable bonds is 0. The molecule has 0 aromatic heterocycles. The second-order valence-corrected chi connectivity index (χ2v) is 2.94. The molecule has 0 saturated heterocycles. The second kappa shape index (κ2) is 2.80. The van der Waals surface area contributed by atoms with Gasteiger partial charge in [0.2, 0.25) is 0 Å². The second-order valence-electron chi connectivity index (χ2n) is 2.05. The first-order valence-corrected chi connectivity index (χ1v) is 3.80. The summed E-state index contributed by atoms with van der Waals surface area (Å²) < 4.78 is 0. The molecule has 0 atom stereocenters. The average molecular weight is 152 g/mol. The van der Waals surface area contributed by atoms with E-state index in [1.54, 1.807) is 17.8 Å². The van der Waals surface area contributed by atoms with Gasteiger partial charge < -0.3 is 4.90 Å². The summed E-state index contributed by atoms with van der Waals surface area (Å²) in [7, 11) is 1.95. The Labute approximate surface area is 64.8 Å². The summed E-state index contributed by atoms with van der Waals surface area (Å²) >= 11 is 1.59. The Morgan fingerprint density at radius 1 is 1.80 bits per heavy atom. The molecule has 0 amide bonds. The highest BCUT2D eigenvalue weighted by Gasteiger charge is 2.12. The molecule has 2 nitrogen and oxygen atoms in total. The van der Waals surface area contributed by atoms with E-state index in [-0.39, 0.29) is 0 Å². The van der Waals surface area contributed by atoms with Crippen molar-refractivity contribution in [3.8, 4) is 6.07 Å². The lowest BCUT2D eigenvalue weighted by Crippen LogP contribution is -2.07. The van der Waals surface area contributed by atoms with Crippen LogP contribution in [0.3, 0.4) is 0 Å². The number of hydrogen-bond acceptors (Lipinski definition) is 3. The minimum absolute atomic E-state index is 1.00. The summed E-state index contributed by atoms with van der Waals surface area (Å²) in [4.78, 5) is 1.99. The lowest BCUT2D eigenvalue weighted by molar-refractivity contribution is 0.567. The Bertz CT molecular complexity index is 234. The van der Waals surface area contributed by atoms with Crippen LogP contribution in [0.25, 0.3) is 0 Å². The van der Waals surface area contributed by atoms with Crippen molar-refractivity contribution >= 4 is 11.8 Å². The van der Waals surface area contributed by atoms with E-state index in [2.05, 4.69) is 0 Å². The van der Waals surface area contributed by atoms with Gasteiger partial charge in [-0.05, 0) is 12.3 Å². The molecule has 1 rings (SSSR count). The number of thioether (sulfide) groups is 1. The molecule has 0 unspecified atom stereocenters. The summed E-state index contributed by atoms with van der Waals surface area (Å²) in [5.41, 5.74) is 1.19. The van der Waals surface area contributed by atoms with Gasteiger partial charge in [0.15, 0.2) is 0 Å². The highest BCUT2D eigenvalue weighted by Crippen LogP contribution is 2.31. The molecule has 0 saturated carbocycles. The zero-order valence-corrected chi connectivity index (χ0v) is 6.77. The van der Waals surface area contributed by atoms with E-state index in [1.807, 2.05) is 30.3 Å². The van der Waals surface area contributed by atoms with E-state index < -0.39 is 0 Å². The fourth-order valence-corrected chi connectivity index (χ4v) is 1.54. The number of nitriles is 1. The monoisotopic (exact) mass is 152 g/mol. The van der Waals surface area contributed by atoms with Gasteiger partial charge >= 0.3 is 0 Å². The fraction of sp³-hybridized carbons (Fsp3) is 0.286. The van der Waals surface area contributed by atoms with Gasteiger partial charge in [-0.25, -0.2) is 0 Å². The molecule has 1 aliphatic rings. The van der Waals surface area contributed by atoms with Gasteiger partial charge in [0.25, 0.3) is 0 Å². The molecule has 1 aliphatic heterocycles. The third-order valence-electron chi connectivity index (χ3n) is 1.40. The zero-order chi connectivity index (χ0) is 7.56. The molecular formula is C7H8N2S. The molecule has 1 heterocycles. The topological polar surface area (TPSA) is 27.0 Å². The molecular weight excluding hydrogens is 144 g/mol. The highest BCUT2D eigenvalue weighted by molar-refractivity contribution is 8.06. The van der Waals surface area contributed by atoms with Crippen LogP contribution in [0.1, 0.15) is 6.92 Å². The van der Waals surface area contributed by atoms with Gasteiger partial charge in [0, 0.05) is 18.8 Å². The summed E-state index contributed by atoms with van der Waals surface area (Å²) in [6.07, 6.45) is 1.55. The smallest absolute Gasteiger partial charge is 0.0939 e. The third kappa shape index (κ3) is 1.17. The normalized spacial score (nSPS) is 21.1. The molecule has 0 fully saturated rings. The molecule has 3 heteroatoms. The van der Waals surface area contributed by atoms with Crippen LogP contribution >= 0.6 is 11.8 Å². The van der Waals surface area contributed by atoms with Crippen molar-refractivity contribution in [1.82, 2.24) is 4.90 Å². The van der Waals surface area contributed by atoms with Crippen LogP contribution in [0.2, 0.25) is 0 Å². The van der Waals surface area contributed by atoms with Gasteiger partial charge in [-0.1, -0.05) is 11.8 Å². The number of allylic oxidation sites excluding steroid dienone is 2. The minimum Gasteiger partial charge on any atom is -0.342 e. The first-order chi connectivity index (χ1) is 4.75. The van der Waals surface area contributed by atoms with Crippen LogP contribution in [0.4, 0.5) is 0 Å². The Balaban J connectivity index is 2.76. The maximum Gasteiger partial charge on any atom is 0.0939 e. The summed E-state index contributed by atoms with van der Waals surface area (Å²) in [5, 5.41) is 11.4. The van der Waals surface area contributed by atoms with Gasteiger partial charge in [-0.15, -0.1) is 0 Å². The van der Waals surface area contributed by atoms with E-state index in [9.17, 15) is 0 Å². The van der Waals surface area contributed by atoms with Gasteiger partial charge in [0.05, 0.1) is 11.1 Å². The van der Waals surface area contributed by atoms with E-state index in [4.69, 9.17) is 5.26 Å². The molecule has 0 aromatic rings. The SMILES string of the molecule is CC1=CS/C(=C\C#N)N1C. The van der Waals surface area contributed by atoms with Crippen LogP contribution in [0.5, 0.6) is 0 Å². The van der Waals surface area contributed by atoms with Crippen molar-refractivity contribution in [2.75, 3.05) is 7.05 Å². The van der Waals surface area contributed by atoms with Gasteiger partial charge in [0.1, 0.15) is 0 Å². The van der Waals surface area contributed by atoms with Crippen molar-refractivity contribution in [1.29, 1.82) is 5.26 Å². The largest absolute Gasteiger partial charge is 0.342 e. The van der Waals surface area contributed by atoms with Crippen LogP contribution in [0.15, 0.2) is 22.2 Å². The maximum absolute atomic E-state index is 8.34. The van der Waals surface area contributed by atoms with Crippen LogP contribution in [0, 0.1) is 11.3 Å². The number of nitrogens with zero attached hydrogens (tertiary/aromatic N) is 2. The summed E-state index contributed by atoms with van der Waals surface area (Å²) in [6.45, 7) is 2.02. The first kappa shape index (κ1) is 7.23. The lowest BCUT2D eigenvalue weighted by Gasteiger charge is -2.12. The van der Waals surface area contributed by atoms with E-state index in [0.717, 1.165) is 5.03 Å². The van der Waals surface area contributed by atoms with E-state index in [0.29, 0.717) is 0 Å². The zero-order valence-electron chi connectivity index (χ0n) is 5.96. The molecule has 0 aliphatic carbocycles. The van der Waals surface area contributed by atoms with Gasteiger partial charge in [-0.3, -0.25) is 0 Å². The molecule has 0 aromatic carbocycles. The summed E-state index contributed by atoms with van der Waals surface area (Å²) in [5.74, 6) is 0. The molecule has 0 radical (unpaired) electrons. The van der Waals surface area contributed by atoms with Crippen molar-refractivity contribution < 1.29 is 0 Å². The Kier molecular flexibility index (Phi) is 2.03. The van der Waals surface area contributed by atoms with E-state index >= 15 is 0 Å². The highest BCUT2D eigenvalue weighted by atomic mass is 32.2. The van der Waals surface area contributed by atoms with Crippen LogP contribution < -0.4 is 0 Å². The molecule has 0 N–H and O–H groups in total. The van der Waals surface area contributed by atoms with Crippen molar-refractivity contribution in [2.24, 2.45) is 0 Å². The van der Waals surface area contributed by atoms with Crippen molar-refractivity contribution in [3.63, 3.8) is 0 Å². The molecule has 52 valence electrons. The predicted octanol–water partition coefficient (Wildman–Crippen LogP) is 1.89. The average Bonchev–Trinajstić information content (AvgIpc) is 2.20. The predicted molar refractivity (Wildman–Crippen MR) is 42.8 cm³/mol. The Morgan fingerprint density at radius 3 is 2.90 bits per heavy atom. The third-order valence-corrected chi connectivity index (χ3v) is 2.49. The molecule has 0 bridgehead atoms. The Morgan fingerprint density at radius 2 is 2.50 bits per heavy atom. The molecule has 10 heavy (non-hydrogen) atoms. The maximum atomic E-state index is 8.34. The van der Waals surface area contributed by atoms with Crippen LogP contribution in [-0.2, 0) is 0 Å². The van der Waals surface area contributed by atoms with Gasteiger partial charge in [-0.2, -0.15) is 5.26 Å². The minimum atomic E-state index is 1.00. The van der Waals surface area contributed by atoms with Crippen LogP contribution in [-0.4, -0.2) is 11.9 Å². The quantitative estimate of drug-likeness (QED) is 0.496. The van der Waals surface area contributed by atoms with Crippen molar-refractivity contribution in [3.05, 3.63) is 22.2 Å². The molecule has 0 spiro atoms. The Hall–Kier alpha value is -0.880. The summed E-state index contributed by atoms with van der Waals surface area (Å²) in [6, 6.07) is 2.00.